The summed E-state index contributed by atoms with van der Waals surface area (Å²) in [6.45, 7) is 7.30. The molecule has 0 atom stereocenters. The van der Waals surface area contributed by atoms with E-state index in [1.54, 1.807) is 0 Å². The number of rotatable bonds is 6. The standard InChI is InChI=1S/C12H21N3.2H2/c1-4-11-6-7-12(14-10-11)15(5-2)9-8-13-3;;/h6-7,10,13H,4-5,8-9H2,1-3H3;2*1H. The number of aromatic nitrogens is 1. The summed E-state index contributed by atoms with van der Waals surface area (Å²) in [5.74, 6) is 1.07. The van der Waals surface area contributed by atoms with Crippen molar-refractivity contribution >= 4 is 5.82 Å². The Morgan fingerprint density at radius 1 is 1.40 bits per heavy atom. The number of nitrogens with one attached hydrogen (secondary N) is 1. The fourth-order valence-electron chi connectivity index (χ4n) is 1.49. The van der Waals surface area contributed by atoms with Crippen molar-refractivity contribution in [2.24, 2.45) is 0 Å². The fourth-order valence-corrected chi connectivity index (χ4v) is 1.49. The van der Waals surface area contributed by atoms with E-state index in [2.05, 4.69) is 41.2 Å². The minimum atomic E-state index is 0. The van der Waals surface area contributed by atoms with Crippen LogP contribution in [0, 0.1) is 0 Å². The first-order valence-corrected chi connectivity index (χ1v) is 5.66. The largest absolute Gasteiger partial charge is 0.356 e. The predicted molar refractivity (Wildman–Crippen MR) is 69.7 cm³/mol. The molecule has 1 heterocycles. The van der Waals surface area contributed by atoms with E-state index < -0.39 is 0 Å². The molecule has 1 N–H and O–H groups in total. The van der Waals surface area contributed by atoms with Crippen molar-refractivity contribution in [3.63, 3.8) is 0 Å². The maximum absolute atomic E-state index is 4.47. The van der Waals surface area contributed by atoms with Gasteiger partial charge in [-0.1, -0.05) is 13.0 Å². The Hall–Kier alpha value is -1.09. The summed E-state index contributed by atoms with van der Waals surface area (Å²) in [6, 6.07) is 4.27. The van der Waals surface area contributed by atoms with Gasteiger partial charge >= 0.3 is 0 Å². The highest BCUT2D eigenvalue weighted by Crippen LogP contribution is 2.10. The molecule has 0 aliphatic rings. The molecule has 0 amide bonds. The van der Waals surface area contributed by atoms with E-state index in [4.69, 9.17) is 0 Å². The number of nitrogens with zero attached hydrogens (tertiary/aromatic N) is 2. The van der Waals surface area contributed by atoms with Gasteiger partial charge in [0.1, 0.15) is 5.82 Å². The second kappa shape index (κ2) is 6.40. The predicted octanol–water partition coefficient (Wildman–Crippen LogP) is 2.18. The van der Waals surface area contributed by atoms with Gasteiger partial charge in [-0.15, -0.1) is 0 Å². The van der Waals surface area contributed by atoms with Crippen LogP contribution in [0.2, 0.25) is 0 Å². The Balaban J connectivity index is 0. The molecule has 0 bridgehead atoms. The summed E-state index contributed by atoms with van der Waals surface area (Å²) in [6.07, 6.45) is 3.02. The lowest BCUT2D eigenvalue weighted by atomic mass is 10.2. The molecule has 0 unspecified atom stereocenters. The molecule has 0 spiro atoms. The molecule has 1 aromatic heterocycles. The van der Waals surface area contributed by atoms with E-state index in [1.165, 1.54) is 5.56 Å². The SMILES string of the molecule is CCc1ccc(N(CC)CCNC)nc1.[HH].[HH]. The molecule has 0 aliphatic heterocycles. The summed E-state index contributed by atoms with van der Waals surface area (Å²) in [5, 5.41) is 3.16. The number of anilines is 1. The third-order valence-corrected chi connectivity index (χ3v) is 2.55. The van der Waals surface area contributed by atoms with Gasteiger partial charge < -0.3 is 10.2 Å². The van der Waals surface area contributed by atoms with Crippen LogP contribution in [0.25, 0.3) is 0 Å². The monoisotopic (exact) mass is 211 g/mol. The summed E-state index contributed by atoms with van der Waals surface area (Å²) >= 11 is 0. The van der Waals surface area contributed by atoms with Crippen LogP contribution in [0.5, 0.6) is 0 Å². The van der Waals surface area contributed by atoms with Crippen LogP contribution in [0.1, 0.15) is 22.3 Å². The first-order chi connectivity index (χ1) is 7.31. The molecule has 0 radical (unpaired) electrons. The quantitative estimate of drug-likeness (QED) is 0.781. The van der Waals surface area contributed by atoms with Crippen LogP contribution in [0.15, 0.2) is 18.3 Å². The molecule has 0 aromatic carbocycles. The topological polar surface area (TPSA) is 28.2 Å². The molecular weight excluding hydrogens is 186 g/mol. The minimum Gasteiger partial charge on any atom is -0.356 e. The van der Waals surface area contributed by atoms with Crippen LogP contribution >= 0.6 is 0 Å². The van der Waals surface area contributed by atoms with E-state index in [0.29, 0.717) is 0 Å². The lowest BCUT2D eigenvalue weighted by Gasteiger charge is -2.21. The maximum atomic E-state index is 4.47. The fraction of sp³-hybridized carbons (Fsp3) is 0.583. The Bertz CT molecular complexity index is 278. The van der Waals surface area contributed by atoms with Crippen molar-refractivity contribution in [1.29, 1.82) is 0 Å². The lowest BCUT2D eigenvalue weighted by Crippen LogP contribution is -2.31. The van der Waals surface area contributed by atoms with Gasteiger partial charge in [0.2, 0.25) is 0 Å². The van der Waals surface area contributed by atoms with Crippen LogP contribution in [0.3, 0.4) is 0 Å². The van der Waals surface area contributed by atoms with E-state index >= 15 is 0 Å². The molecule has 15 heavy (non-hydrogen) atoms. The zero-order valence-electron chi connectivity index (χ0n) is 9.95. The highest BCUT2D eigenvalue weighted by molar-refractivity contribution is 5.39. The van der Waals surface area contributed by atoms with Crippen LogP contribution in [0.4, 0.5) is 5.82 Å². The third-order valence-electron chi connectivity index (χ3n) is 2.55. The average Bonchev–Trinajstić information content (AvgIpc) is 2.31. The highest BCUT2D eigenvalue weighted by atomic mass is 15.2. The van der Waals surface area contributed by atoms with Gasteiger partial charge in [-0.2, -0.15) is 0 Å². The Morgan fingerprint density at radius 2 is 2.20 bits per heavy atom. The zero-order valence-corrected chi connectivity index (χ0v) is 9.95. The smallest absolute Gasteiger partial charge is 0.128 e. The zero-order chi connectivity index (χ0) is 11.1. The first-order valence-electron chi connectivity index (χ1n) is 5.66. The van der Waals surface area contributed by atoms with Crippen molar-refractivity contribution in [2.75, 3.05) is 31.6 Å². The van der Waals surface area contributed by atoms with Crippen LogP contribution < -0.4 is 10.2 Å². The third kappa shape index (κ3) is 3.51. The van der Waals surface area contributed by atoms with Crippen molar-refractivity contribution in [3.05, 3.63) is 23.9 Å². The molecular formula is C12H25N3. The number of aryl methyl sites for hydroxylation is 1. The summed E-state index contributed by atoms with van der Waals surface area (Å²) in [4.78, 5) is 6.75. The van der Waals surface area contributed by atoms with Gasteiger partial charge in [-0.25, -0.2) is 4.98 Å². The number of pyridine rings is 1. The van der Waals surface area contributed by atoms with Crippen LogP contribution in [-0.2, 0) is 6.42 Å². The van der Waals surface area contributed by atoms with Crippen LogP contribution in [-0.4, -0.2) is 31.7 Å². The number of likely N-dealkylation sites (N-methyl/N-ethyl adjacent to an activating group) is 2. The molecule has 3 nitrogen and oxygen atoms in total. The van der Waals surface area contributed by atoms with E-state index in [-0.39, 0.29) is 2.85 Å². The van der Waals surface area contributed by atoms with Crippen molar-refractivity contribution in [1.82, 2.24) is 10.3 Å². The second-order valence-corrected chi connectivity index (χ2v) is 3.56. The van der Waals surface area contributed by atoms with E-state index in [0.717, 1.165) is 31.9 Å². The van der Waals surface area contributed by atoms with Crippen molar-refractivity contribution in [2.45, 2.75) is 20.3 Å². The Morgan fingerprint density at radius 3 is 2.67 bits per heavy atom. The van der Waals surface area contributed by atoms with E-state index in [1.807, 2.05) is 13.2 Å². The van der Waals surface area contributed by atoms with E-state index in [9.17, 15) is 0 Å². The molecule has 1 aromatic rings. The molecule has 0 saturated heterocycles. The molecule has 1 rings (SSSR count). The van der Waals surface area contributed by atoms with Gasteiger partial charge in [-0.3, -0.25) is 0 Å². The summed E-state index contributed by atoms with van der Waals surface area (Å²) in [5.41, 5.74) is 1.29. The highest BCUT2D eigenvalue weighted by Gasteiger charge is 2.03. The summed E-state index contributed by atoms with van der Waals surface area (Å²) < 4.78 is 0. The second-order valence-electron chi connectivity index (χ2n) is 3.56. The van der Waals surface area contributed by atoms with Gasteiger partial charge in [0, 0.05) is 28.7 Å². The molecule has 0 saturated carbocycles. The van der Waals surface area contributed by atoms with Crippen molar-refractivity contribution in [3.8, 4) is 0 Å². The number of hydrogen-bond acceptors (Lipinski definition) is 3. The maximum Gasteiger partial charge on any atom is 0.128 e. The Labute approximate surface area is 95.5 Å². The summed E-state index contributed by atoms with van der Waals surface area (Å²) in [7, 11) is 1.97. The number of hydrogen-bond donors (Lipinski definition) is 1. The van der Waals surface area contributed by atoms with Gasteiger partial charge in [-0.05, 0) is 32.0 Å². The molecule has 3 heteroatoms. The normalized spacial score (nSPS) is 10.3. The first kappa shape index (κ1) is 12.0. The van der Waals surface area contributed by atoms with Gasteiger partial charge in [0.15, 0.2) is 0 Å². The van der Waals surface area contributed by atoms with Gasteiger partial charge in [0.05, 0.1) is 0 Å². The minimum absolute atomic E-state index is 0. The average molecular weight is 211 g/mol. The molecule has 0 aliphatic carbocycles. The lowest BCUT2D eigenvalue weighted by molar-refractivity contribution is 0.729. The molecule has 88 valence electrons. The Kier molecular flexibility index (Phi) is 5.12. The van der Waals surface area contributed by atoms with Gasteiger partial charge in [0.25, 0.3) is 0 Å². The van der Waals surface area contributed by atoms with Crippen molar-refractivity contribution < 1.29 is 2.85 Å². The molecule has 0 fully saturated rings.